The molecule has 0 radical (unpaired) electrons. The maximum absolute atomic E-state index is 12.6. The molecular formula is C21H24N4O3. The molecule has 0 spiro atoms. The van der Waals surface area contributed by atoms with E-state index in [0.29, 0.717) is 17.4 Å². The molecule has 7 nitrogen and oxygen atoms in total. The molecule has 0 aliphatic carbocycles. The summed E-state index contributed by atoms with van der Waals surface area (Å²) in [5, 5.41) is 3.48. The molecule has 28 heavy (non-hydrogen) atoms. The molecule has 1 atom stereocenters. The minimum absolute atomic E-state index is 0.00528. The van der Waals surface area contributed by atoms with Crippen molar-refractivity contribution in [3.8, 4) is 0 Å². The van der Waals surface area contributed by atoms with Gasteiger partial charge in [-0.2, -0.15) is 0 Å². The Morgan fingerprint density at radius 3 is 2.75 bits per heavy atom. The quantitative estimate of drug-likeness (QED) is 0.710. The van der Waals surface area contributed by atoms with E-state index in [-0.39, 0.29) is 24.1 Å². The molecule has 3 aromatic rings. The van der Waals surface area contributed by atoms with Gasteiger partial charge in [0.25, 0.3) is 5.56 Å². The van der Waals surface area contributed by atoms with Crippen LogP contribution < -0.4 is 10.9 Å². The van der Waals surface area contributed by atoms with Gasteiger partial charge >= 0.3 is 0 Å². The normalized spacial score (nSPS) is 16.1. The van der Waals surface area contributed by atoms with Gasteiger partial charge in [-0.25, -0.2) is 4.98 Å². The molecule has 1 amide bonds. The number of hydrogen-bond donors (Lipinski definition) is 1. The molecule has 146 valence electrons. The summed E-state index contributed by atoms with van der Waals surface area (Å²) in [6, 6.07) is 11.0. The smallest absolute Gasteiger partial charge is 0.261 e. The van der Waals surface area contributed by atoms with Gasteiger partial charge in [0.1, 0.15) is 12.3 Å². The topological polar surface area (TPSA) is 80.4 Å². The number of nitrogens with zero attached hydrogens (tertiary/aromatic N) is 3. The highest BCUT2D eigenvalue weighted by Gasteiger charge is 2.25. The first-order valence-electron chi connectivity index (χ1n) is 9.71. The number of carbonyl (C=O) groups is 1. The number of rotatable bonds is 6. The third kappa shape index (κ3) is 3.99. The molecule has 1 N–H and O–H groups in total. The number of para-hydroxylation sites is 1. The van der Waals surface area contributed by atoms with Gasteiger partial charge in [0.05, 0.1) is 29.5 Å². The van der Waals surface area contributed by atoms with E-state index in [4.69, 9.17) is 4.42 Å². The molecule has 1 fully saturated rings. The third-order valence-electron chi connectivity index (χ3n) is 5.24. The Hall–Kier alpha value is -2.93. The van der Waals surface area contributed by atoms with Gasteiger partial charge in [0.2, 0.25) is 5.91 Å². The van der Waals surface area contributed by atoms with Crippen LogP contribution in [0.4, 0.5) is 0 Å². The Labute approximate surface area is 163 Å². The number of carbonyl (C=O) groups excluding carboxylic acids is 1. The second-order valence-corrected chi connectivity index (χ2v) is 7.13. The van der Waals surface area contributed by atoms with Crippen LogP contribution in [0.5, 0.6) is 0 Å². The van der Waals surface area contributed by atoms with Crippen LogP contribution in [0.1, 0.15) is 31.1 Å². The van der Waals surface area contributed by atoms with E-state index in [1.807, 2.05) is 18.2 Å². The number of benzene rings is 1. The first kappa shape index (κ1) is 18.4. The van der Waals surface area contributed by atoms with Gasteiger partial charge in [-0.3, -0.25) is 19.1 Å². The first-order valence-corrected chi connectivity index (χ1v) is 9.71. The van der Waals surface area contributed by atoms with Crippen molar-refractivity contribution in [3.05, 3.63) is 65.1 Å². The Morgan fingerprint density at radius 1 is 1.14 bits per heavy atom. The molecular weight excluding hydrogens is 356 g/mol. The van der Waals surface area contributed by atoms with E-state index in [2.05, 4.69) is 15.2 Å². The van der Waals surface area contributed by atoms with Crippen molar-refractivity contribution in [1.82, 2.24) is 19.8 Å². The van der Waals surface area contributed by atoms with Crippen molar-refractivity contribution < 1.29 is 9.21 Å². The fourth-order valence-electron chi connectivity index (χ4n) is 3.76. The van der Waals surface area contributed by atoms with Crippen LogP contribution in [0.2, 0.25) is 0 Å². The van der Waals surface area contributed by atoms with E-state index in [1.54, 1.807) is 24.5 Å². The zero-order chi connectivity index (χ0) is 19.3. The van der Waals surface area contributed by atoms with E-state index in [1.165, 1.54) is 17.3 Å². The minimum atomic E-state index is -0.215. The van der Waals surface area contributed by atoms with Crippen LogP contribution in [0.3, 0.4) is 0 Å². The highest BCUT2D eigenvalue weighted by Crippen LogP contribution is 2.24. The van der Waals surface area contributed by atoms with E-state index >= 15 is 0 Å². The van der Waals surface area contributed by atoms with E-state index < -0.39 is 0 Å². The Kier molecular flexibility index (Phi) is 5.53. The third-order valence-corrected chi connectivity index (χ3v) is 5.24. The van der Waals surface area contributed by atoms with Crippen LogP contribution in [0, 0.1) is 0 Å². The molecule has 1 aromatic carbocycles. The number of nitrogens with one attached hydrogen (secondary N) is 1. The number of fused-ring (bicyclic) bond motifs is 1. The number of furan rings is 1. The monoisotopic (exact) mass is 380 g/mol. The maximum Gasteiger partial charge on any atom is 0.261 e. The molecule has 0 bridgehead atoms. The van der Waals surface area contributed by atoms with E-state index in [0.717, 1.165) is 31.7 Å². The van der Waals surface area contributed by atoms with Gasteiger partial charge in [-0.05, 0) is 50.2 Å². The SMILES string of the molecule is O=C(Cn1cnc2ccccc2c1=O)NC[C@H](c1ccco1)N1CCCCC1. The lowest BCUT2D eigenvalue weighted by molar-refractivity contribution is -0.122. The number of likely N-dealkylation sites (tertiary alicyclic amines) is 1. The average molecular weight is 380 g/mol. The van der Waals surface area contributed by atoms with Crippen LogP contribution in [0.15, 0.2) is 58.2 Å². The van der Waals surface area contributed by atoms with Crippen LogP contribution in [0.25, 0.3) is 10.9 Å². The van der Waals surface area contributed by atoms with Crippen molar-refractivity contribution in [1.29, 1.82) is 0 Å². The molecule has 2 aromatic heterocycles. The van der Waals surface area contributed by atoms with Gasteiger partial charge in [-0.1, -0.05) is 18.6 Å². The van der Waals surface area contributed by atoms with Gasteiger partial charge in [-0.15, -0.1) is 0 Å². The Balaban J connectivity index is 1.44. The van der Waals surface area contributed by atoms with Gasteiger partial charge in [0, 0.05) is 6.54 Å². The second-order valence-electron chi connectivity index (χ2n) is 7.13. The predicted octanol–water partition coefficient (Wildman–Crippen LogP) is 2.33. The van der Waals surface area contributed by atoms with Crippen molar-refractivity contribution in [3.63, 3.8) is 0 Å². The van der Waals surface area contributed by atoms with Gasteiger partial charge < -0.3 is 9.73 Å². The lowest BCUT2D eigenvalue weighted by Gasteiger charge is -2.33. The highest BCUT2D eigenvalue weighted by atomic mass is 16.3. The lowest BCUT2D eigenvalue weighted by atomic mass is 10.1. The van der Waals surface area contributed by atoms with Crippen molar-refractivity contribution in [2.45, 2.75) is 31.8 Å². The number of aromatic nitrogens is 2. The zero-order valence-corrected chi connectivity index (χ0v) is 15.7. The molecule has 0 unspecified atom stereocenters. The van der Waals surface area contributed by atoms with Crippen molar-refractivity contribution >= 4 is 16.8 Å². The fourth-order valence-corrected chi connectivity index (χ4v) is 3.76. The molecule has 0 saturated carbocycles. The Morgan fingerprint density at radius 2 is 1.96 bits per heavy atom. The Bertz CT molecular complexity index is 990. The summed E-state index contributed by atoms with van der Waals surface area (Å²) in [7, 11) is 0. The molecule has 1 saturated heterocycles. The molecule has 3 heterocycles. The summed E-state index contributed by atoms with van der Waals surface area (Å²) in [5.41, 5.74) is 0.423. The number of hydrogen-bond acceptors (Lipinski definition) is 5. The van der Waals surface area contributed by atoms with Crippen LogP contribution in [-0.2, 0) is 11.3 Å². The predicted molar refractivity (Wildman–Crippen MR) is 106 cm³/mol. The number of amides is 1. The van der Waals surface area contributed by atoms with E-state index in [9.17, 15) is 9.59 Å². The zero-order valence-electron chi connectivity index (χ0n) is 15.7. The fraction of sp³-hybridized carbons (Fsp3) is 0.381. The highest BCUT2D eigenvalue weighted by molar-refractivity contribution is 5.78. The van der Waals surface area contributed by atoms with Gasteiger partial charge in [0.15, 0.2) is 0 Å². The second kappa shape index (κ2) is 8.39. The van der Waals surface area contributed by atoms with Crippen molar-refractivity contribution in [2.75, 3.05) is 19.6 Å². The van der Waals surface area contributed by atoms with Crippen LogP contribution in [-0.4, -0.2) is 40.0 Å². The van der Waals surface area contributed by atoms with Crippen molar-refractivity contribution in [2.24, 2.45) is 0 Å². The minimum Gasteiger partial charge on any atom is -0.468 e. The summed E-state index contributed by atoms with van der Waals surface area (Å²) in [4.78, 5) is 31.7. The molecule has 1 aliphatic heterocycles. The summed E-state index contributed by atoms with van der Waals surface area (Å²) in [6.07, 6.45) is 6.64. The summed E-state index contributed by atoms with van der Waals surface area (Å²) >= 11 is 0. The largest absolute Gasteiger partial charge is 0.468 e. The maximum atomic E-state index is 12.6. The first-order chi connectivity index (χ1) is 13.7. The summed E-state index contributed by atoms with van der Waals surface area (Å²) in [5.74, 6) is 0.638. The lowest BCUT2D eigenvalue weighted by Crippen LogP contribution is -2.41. The summed E-state index contributed by atoms with van der Waals surface area (Å²) in [6.45, 7) is 2.38. The molecule has 4 rings (SSSR count). The standard InChI is InChI=1S/C21H24N4O3/c26-20(14-25-15-23-17-8-3-2-7-16(17)21(25)27)22-13-18(19-9-6-12-28-19)24-10-4-1-5-11-24/h2-3,6-9,12,15,18H,1,4-5,10-11,13-14H2,(H,22,26)/t18-/m1/s1. The summed E-state index contributed by atoms with van der Waals surface area (Å²) < 4.78 is 6.96. The molecule has 1 aliphatic rings. The average Bonchev–Trinajstić information content (AvgIpc) is 3.26. The van der Waals surface area contributed by atoms with Crippen LogP contribution >= 0.6 is 0 Å². The molecule has 7 heteroatoms. The number of piperidine rings is 1.